The van der Waals surface area contributed by atoms with Crippen LogP contribution < -0.4 is 10.6 Å². The summed E-state index contributed by atoms with van der Waals surface area (Å²) in [7, 11) is 0. The second kappa shape index (κ2) is 7.82. The van der Waals surface area contributed by atoms with Crippen LogP contribution in [0.5, 0.6) is 0 Å². The van der Waals surface area contributed by atoms with E-state index in [9.17, 15) is 14.0 Å². The quantitative estimate of drug-likeness (QED) is 0.844. The second-order valence-electron chi connectivity index (χ2n) is 6.71. The Bertz CT molecular complexity index is 614. The van der Waals surface area contributed by atoms with Gasteiger partial charge in [-0.1, -0.05) is 12.1 Å². The molecular formula is C18H25FN4O2. The number of carbonyl (C=O) groups excluding carboxylic acids is 2. The Kier molecular flexibility index (Phi) is 5.53. The molecule has 0 radical (unpaired) electrons. The van der Waals surface area contributed by atoms with Gasteiger partial charge in [0.05, 0.1) is 6.04 Å². The third-order valence-corrected chi connectivity index (χ3v) is 5.14. The van der Waals surface area contributed by atoms with Crippen LogP contribution in [0.3, 0.4) is 0 Å². The molecule has 2 aliphatic heterocycles. The summed E-state index contributed by atoms with van der Waals surface area (Å²) in [4.78, 5) is 28.2. The number of nitrogens with zero attached hydrogens (tertiary/aromatic N) is 2. The summed E-state index contributed by atoms with van der Waals surface area (Å²) < 4.78 is 12.9. The van der Waals surface area contributed by atoms with Crippen LogP contribution in [0.4, 0.5) is 9.18 Å². The molecule has 2 heterocycles. The van der Waals surface area contributed by atoms with Crippen molar-refractivity contribution in [1.29, 1.82) is 0 Å². The number of carbonyl (C=O) groups is 2. The lowest BCUT2D eigenvalue weighted by Gasteiger charge is -2.38. The fraction of sp³-hybridized carbons (Fsp3) is 0.556. The normalized spacial score (nSPS) is 20.4. The van der Waals surface area contributed by atoms with Gasteiger partial charge in [-0.3, -0.25) is 9.69 Å². The summed E-state index contributed by atoms with van der Waals surface area (Å²) in [6.45, 7) is 5.41. The van der Waals surface area contributed by atoms with Crippen molar-refractivity contribution >= 4 is 11.9 Å². The molecule has 2 saturated heterocycles. The first-order chi connectivity index (χ1) is 12.0. The number of hydrogen-bond donors (Lipinski definition) is 2. The number of rotatable bonds is 5. The van der Waals surface area contributed by atoms with Gasteiger partial charge in [-0.2, -0.15) is 0 Å². The topological polar surface area (TPSA) is 64.7 Å². The Morgan fingerprint density at radius 2 is 1.96 bits per heavy atom. The lowest BCUT2D eigenvalue weighted by Crippen LogP contribution is -2.52. The molecule has 7 heteroatoms. The second-order valence-corrected chi connectivity index (χ2v) is 6.71. The van der Waals surface area contributed by atoms with E-state index in [1.807, 2.05) is 11.8 Å². The van der Waals surface area contributed by atoms with E-state index in [4.69, 9.17) is 0 Å². The molecule has 0 bridgehead atoms. The molecule has 1 aromatic rings. The third-order valence-electron chi connectivity index (χ3n) is 5.14. The largest absolute Gasteiger partial charge is 0.351 e. The number of hydrogen-bond acceptors (Lipinski definition) is 3. The van der Waals surface area contributed by atoms with E-state index in [2.05, 4.69) is 15.5 Å². The first-order valence-electron chi connectivity index (χ1n) is 8.85. The Labute approximate surface area is 147 Å². The minimum atomic E-state index is -0.280. The molecule has 0 unspecified atom stereocenters. The molecule has 0 spiro atoms. The molecule has 2 N–H and O–H groups in total. The maximum absolute atomic E-state index is 12.9. The number of nitrogens with one attached hydrogen (secondary N) is 2. The SMILES string of the molecule is C[C@H](C(=O)NCc1ccc(F)cc1)N1CCC(N2CCNC2=O)CC1. The number of urea groups is 1. The Morgan fingerprint density at radius 1 is 1.28 bits per heavy atom. The number of likely N-dealkylation sites (tertiary alicyclic amines) is 1. The highest BCUT2D eigenvalue weighted by Crippen LogP contribution is 2.20. The maximum Gasteiger partial charge on any atom is 0.317 e. The van der Waals surface area contributed by atoms with Gasteiger partial charge in [-0.25, -0.2) is 9.18 Å². The van der Waals surface area contributed by atoms with Crippen LogP contribution >= 0.6 is 0 Å². The summed E-state index contributed by atoms with van der Waals surface area (Å²) in [6.07, 6.45) is 1.78. The average molecular weight is 348 g/mol. The van der Waals surface area contributed by atoms with E-state index >= 15 is 0 Å². The van der Waals surface area contributed by atoms with Crippen LogP contribution in [0.2, 0.25) is 0 Å². The van der Waals surface area contributed by atoms with Crippen molar-refractivity contribution in [3.63, 3.8) is 0 Å². The Hall–Kier alpha value is -2.15. The van der Waals surface area contributed by atoms with Gasteiger partial charge in [0.2, 0.25) is 5.91 Å². The predicted molar refractivity (Wildman–Crippen MR) is 92.4 cm³/mol. The molecule has 1 aromatic carbocycles. The minimum absolute atomic E-state index is 0.0262. The van der Waals surface area contributed by atoms with E-state index in [0.717, 1.165) is 44.6 Å². The van der Waals surface area contributed by atoms with Crippen molar-refractivity contribution in [3.05, 3.63) is 35.6 Å². The van der Waals surface area contributed by atoms with Crippen LogP contribution in [0.15, 0.2) is 24.3 Å². The van der Waals surface area contributed by atoms with E-state index in [1.165, 1.54) is 12.1 Å². The van der Waals surface area contributed by atoms with E-state index < -0.39 is 0 Å². The zero-order valence-corrected chi connectivity index (χ0v) is 14.5. The van der Waals surface area contributed by atoms with Gasteiger partial charge in [-0.05, 0) is 37.5 Å². The fourth-order valence-corrected chi connectivity index (χ4v) is 3.52. The van der Waals surface area contributed by atoms with Crippen molar-refractivity contribution < 1.29 is 14.0 Å². The monoisotopic (exact) mass is 348 g/mol. The summed E-state index contributed by atoms with van der Waals surface area (Å²) in [5, 5.41) is 5.75. The molecule has 2 aliphatic rings. The molecule has 1 atom stereocenters. The van der Waals surface area contributed by atoms with Crippen LogP contribution in [-0.4, -0.2) is 60.0 Å². The standard InChI is InChI=1S/C18H25FN4O2/c1-13(17(24)21-12-14-2-4-15(19)5-3-14)22-9-6-16(7-10-22)23-11-8-20-18(23)25/h2-5,13,16H,6-12H2,1H3,(H,20,25)(H,21,24)/t13-/m1/s1. The lowest BCUT2D eigenvalue weighted by atomic mass is 10.0. The first-order valence-corrected chi connectivity index (χ1v) is 8.85. The van der Waals surface area contributed by atoms with Crippen LogP contribution in [0.1, 0.15) is 25.3 Å². The molecule has 25 heavy (non-hydrogen) atoms. The zero-order valence-electron chi connectivity index (χ0n) is 14.5. The van der Waals surface area contributed by atoms with Crippen molar-refractivity contribution in [2.24, 2.45) is 0 Å². The zero-order chi connectivity index (χ0) is 17.8. The van der Waals surface area contributed by atoms with Gasteiger partial charge in [0.15, 0.2) is 0 Å². The fourth-order valence-electron chi connectivity index (χ4n) is 3.52. The van der Waals surface area contributed by atoms with Gasteiger partial charge in [-0.15, -0.1) is 0 Å². The molecule has 0 aromatic heterocycles. The van der Waals surface area contributed by atoms with E-state index in [-0.39, 0.29) is 29.8 Å². The van der Waals surface area contributed by atoms with Crippen molar-refractivity contribution in [3.8, 4) is 0 Å². The van der Waals surface area contributed by atoms with Gasteiger partial charge in [0.1, 0.15) is 5.82 Å². The summed E-state index contributed by atoms with van der Waals surface area (Å²) >= 11 is 0. The van der Waals surface area contributed by atoms with Crippen LogP contribution in [0, 0.1) is 5.82 Å². The van der Waals surface area contributed by atoms with Crippen LogP contribution in [0.25, 0.3) is 0 Å². The molecule has 3 rings (SSSR count). The first kappa shape index (κ1) is 17.7. The lowest BCUT2D eigenvalue weighted by molar-refractivity contribution is -0.126. The number of benzene rings is 1. The Morgan fingerprint density at radius 3 is 2.56 bits per heavy atom. The highest BCUT2D eigenvalue weighted by atomic mass is 19.1. The number of halogens is 1. The molecule has 6 nitrogen and oxygen atoms in total. The van der Waals surface area contributed by atoms with Gasteiger partial charge in [0.25, 0.3) is 0 Å². The molecule has 0 saturated carbocycles. The number of piperidine rings is 1. The maximum atomic E-state index is 12.9. The molecule has 3 amide bonds. The molecular weight excluding hydrogens is 323 g/mol. The van der Waals surface area contributed by atoms with Crippen molar-refractivity contribution in [2.75, 3.05) is 26.2 Å². The molecule has 0 aliphatic carbocycles. The Balaban J connectivity index is 1.45. The molecule has 2 fully saturated rings. The highest BCUT2D eigenvalue weighted by molar-refractivity contribution is 5.81. The van der Waals surface area contributed by atoms with Crippen LogP contribution in [-0.2, 0) is 11.3 Å². The highest BCUT2D eigenvalue weighted by Gasteiger charge is 2.33. The third kappa shape index (κ3) is 4.28. The van der Waals surface area contributed by atoms with Crippen molar-refractivity contribution in [1.82, 2.24) is 20.4 Å². The molecule has 136 valence electrons. The smallest absolute Gasteiger partial charge is 0.317 e. The summed E-state index contributed by atoms with van der Waals surface area (Å²) in [5.74, 6) is -0.306. The predicted octanol–water partition coefficient (Wildman–Crippen LogP) is 1.32. The number of amides is 3. The summed E-state index contributed by atoms with van der Waals surface area (Å²) in [5.41, 5.74) is 0.876. The average Bonchev–Trinajstić information content (AvgIpc) is 3.06. The van der Waals surface area contributed by atoms with E-state index in [0.29, 0.717) is 6.54 Å². The van der Waals surface area contributed by atoms with Crippen molar-refractivity contribution in [2.45, 2.75) is 38.4 Å². The van der Waals surface area contributed by atoms with E-state index in [1.54, 1.807) is 12.1 Å². The van der Waals surface area contributed by atoms with Gasteiger partial charge >= 0.3 is 6.03 Å². The van der Waals surface area contributed by atoms with Gasteiger partial charge < -0.3 is 15.5 Å². The minimum Gasteiger partial charge on any atom is -0.351 e. The summed E-state index contributed by atoms with van der Waals surface area (Å²) in [6, 6.07) is 6.22. The van der Waals surface area contributed by atoms with Gasteiger partial charge in [0, 0.05) is 38.8 Å².